The van der Waals surface area contributed by atoms with Crippen LogP contribution in [0.1, 0.15) is 48.9 Å². The molecule has 1 aromatic carbocycles. The fourth-order valence-corrected chi connectivity index (χ4v) is 4.78. The van der Waals surface area contributed by atoms with E-state index in [4.69, 9.17) is 14.2 Å². The Morgan fingerprint density at radius 2 is 1.46 bits per heavy atom. The highest BCUT2D eigenvalue weighted by Crippen LogP contribution is 2.43. The van der Waals surface area contributed by atoms with Crippen molar-refractivity contribution in [3.8, 4) is 17.2 Å². The molecule has 3 aliphatic rings. The molecule has 0 radical (unpaired) electrons. The first-order valence-electron chi connectivity index (χ1n) is 9.53. The summed E-state index contributed by atoms with van der Waals surface area (Å²) in [5.41, 5.74) is 0.538. The highest BCUT2D eigenvalue weighted by atomic mass is 16.5. The summed E-state index contributed by atoms with van der Waals surface area (Å²) in [7, 11) is 4.68. The number of carbonyl (C=O) groups is 1. The summed E-state index contributed by atoms with van der Waals surface area (Å²) in [5, 5.41) is 3.24. The van der Waals surface area contributed by atoms with Gasteiger partial charge in [0.2, 0.25) is 5.75 Å². The van der Waals surface area contributed by atoms with E-state index in [0.717, 1.165) is 18.9 Å². The van der Waals surface area contributed by atoms with Crippen LogP contribution in [0.4, 0.5) is 0 Å². The van der Waals surface area contributed by atoms with Gasteiger partial charge in [-0.15, -0.1) is 0 Å². The van der Waals surface area contributed by atoms with Gasteiger partial charge in [-0.05, 0) is 50.7 Å². The molecular weight excluding hydrogens is 332 g/mol. The number of hydrogen-bond acceptors (Lipinski definition) is 5. The summed E-state index contributed by atoms with van der Waals surface area (Å²) >= 11 is 0. The maximum absolute atomic E-state index is 12.8. The minimum atomic E-state index is -0.0754. The molecule has 1 amide bonds. The monoisotopic (exact) mass is 360 g/mol. The second-order valence-electron chi connectivity index (χ2n) is 7.62. The normalized spacial score (nSPS) is 27.9. The van der Waals surface area contributed by atoms with Gasteiger partial charge in [0, 0.05) is 29.7 Å². The average molecular weight is 360 g/mol. The lowest BCUT2D eigenvalue weighted by atomic mass is 9.96. The molecule has 26 heavy (non-hydrogen) atoms. The van der Waals surface area contributed by atoms with E-state index >= 15 is 0 Å². The number of nitrogens with zero attached hydrogens (tertiary/aromatic N) is 1. The van der Waals surface area contributed by atoms with E-state index in [1.54, 1.807) is 33.5 Å². The van der Waals surface area contributed by atoms with Gasteiger partial charge in [-0.3, -0.25) is 9.69 Å². The number of amides is 1. The van der Waals surface area contributed by atoms with Crippen LogP contribution in [0.5, 0.6) is 17.2 Å². The van der Waals surface area contributed by atoms with Crippen molar-refractivity contribution in [3.63, 3.8) is 0 Å². The van der Waals surface area contributed by atoms with E-state index in [-0.39, 0.29) is 11.9 Å². The average Bonchev–Trinajstić information content (AvgIpc) is 3.46. The molecule has 142 valence electrons. The molecule has 4 rings (SSSR count). The first kappa shape index (κ1) is 17.5. The van der Waals surface area contributed by atoms with Gasteiger partial charge in [0.05, 0.1) is 21.3 Å². The third-order valence-electron chi connectivity index (χ3n) is 6.02. The van der Waals surface area contributed by atoms with Gasteiger partial charge in [0.15, 0.2) is 11.5 Å². The lowest BCUT2D eigenvalue weighted by molar-refractivity contribution is 0.0826. The molecule has 1 N–H and O–H groups in total. The Morgan fingerprint density at radius 1 is 0.923 bits per heavy atom. The summed E-state index contributed by atoms with van der Waals surface area (Å²) in [6.07, 6.45) is 7.38. The second kappa shape index (κ2) is 6.99. The first-order chi connectivity index (χ1) is 12.6. The summed E-state index contributed by atoms with van der Waals surface area (Å²) in [4.78, 5) is 15.6. The molecule has 6 heteroatoms. The van der Waals surface area contributed by atoms with E-state index in [0.29, 0.717) is 34.9 Å². The number of ether oxygens (including phenoxy) is 3. The van der Waals surface area contributed by atoms with Gasteiger partial charge in [-0.1, -0.05) is 0 Å². The highest BCUT2D eigenvalue weighted by molar-refractivity contribution is 5.95. The largest absolute Gasteiger partial charge is 0.493 e. The van der Waals surface area contributed by atoms with Crippen LogP contribution < -0.4 is 19.5 Å². The van der Waals surface area contributed by atoms with Crippen molar-refractivity contribution in [1.82, 2.24) is 10.2 Å². The Labute approximate surface area is 154 Å². The zero-order chi connectivity index (χ0) is 18.3. The first-order valence-corrected chi connectivity index (χ1v) is 9.53. The number of nitrogens with one attached hydrogen (secondary N) is 1. The molecule has 2 bridgehead atoms. The second-order valence-corrected chi connectivity index (χ2v) is 7.62. The fourth-order valence-electron chi connectivity index (χ4n) is 4.78. The van der Waals surface area contributed by atoms with E-state index in [1.165, 1.54) is 25.7 Å². The Balaban J connectivity index is 1.47. The van der Waals surface area contributed by atoms with E-state index in [2.05, 4.69) is 10.2 Å². The summed E-state index contributed by atoms with van der Waals surface area (Å²) in [6, 6.07) is 5.78. The van der Waals surface area contributed by atoms with Crippen LogP contribution in [-0.4, -0.2) is 56.3 Å². The lowest BCUT2D eigenvalue weighted by Gasteiger charge is -2.39. The van der Waals surface area contributed by atoms with Gasteiger partial charge in [-0.2, -0.15) is 0 Å². The lowest BCUT2D eigenvalue weighted by Crippen LogP contribution is -2.51. The Kier molecular flexibility index (Phi) is 4.69. The van der Waals surface area contributed by atoms with E-state index < -0.39 is 0 Å². The molecule has 1 aliphatic carbocycles. The Morgan fingerprint density at radius 3 is 1.92 bits per heavy atom. The summed E-state index contributed by atoms with van der Waals surface area (Å²) in [5.74, 6) is 1.43. The van der Waals surface area contributed by atoms with Crippen LogP contribution in [0.3, 0.4) is 0 Å². The number of methoxy groups -OCH3 is 3. The predicted octanol–water partition coefficient (Wildman–Crippen LogP) is 2.60. The van der Waals surface area contributed by atoms with Crippen molar-refractivity contribution in [2.45, 2.75) is 62.7 Å². The van der Waals surface area contributed by atoms with Gasteiger partial charge in [-0.25, -0.2) is 0 Å². The minimum Gasteiger partial charge on any atom is -0.493 e. The third kappa shape index (κ3) is 3.11. The molecule has 0 spiro atoms. The molecule has 0 unspecified atom stereocenters. The van der Waals surface area contributed by atoms with Crippen LogP contribution in [0.2, 0.25) is 0 Å². The zero-order valence-electron chi connectivity index (χ0n) is 15.8. The number of rotatable bonds is 6. The van der Waals surface area contributed by atoms with Gasteiger partial charge in [0.25, 0.3) is 5.91 Å². The van der Waals surface area contributed by atoms with Gasteiger partial charge < -0.3 is 19.5 Å². The molecule has 6 nitrogen and oxygen atoms in total. The van der Waals surface area contributed by atoms with Crippen molar-refractivity contribution in [1.29, 1.82) is 0 Å². The smallest absolute Gasteiger partial charge is 0.251 e. The van der Waals surface area contributed by atoms with Crippen molar-refractivity contribution in [2.75, 3.05) is 21.3 Å². The third-order valence-corrected chi connectivity index (χ3v) is 6.02. The standard InChI is InChI=1S/C20H28N2O4/c1-24-17-8-12(9-18(25-2)19(17)26-3)20(23)21-13-10-15-6-7-16(11-13)22(15)14-4-5-14/h8-9,13-16H,4-7,10-11H2,1-3H3,(H,21,23)/t15-,16-/m1/s1. The van der Waals surface area contributed by atoms with Crippen LogP contribution in [-0.2, 0) is 0 Å². The molecule has 1 saturated carbocycles. The van der Waals surface area contributed by atoms with Crippen molar-refractivity contribution in [3.05, 3.63) is 17.7 Å². The van der Waals surface area contributed by atoms with Crippen molar-refractivity contribution >= 4 is 5.91 Å². The van der Waals surface area contributed by atoms with Crippen LogP contribution in [0.15, 0.2) is 12.1 Å². The number of benzene rings is 1. The molecule has 3 fully saturated rings. The van der Waals surface area contributed by atoms with E-state index in [1.807, 2.05) is 0 Å². The van der Waals surface area contributed by atoms with Gasteiger partial charge >= 0.3 is 0 Å². The van der Waals surface area contributed by atoms with Gasteiger partial charge in [0.1, 0.15) is 0 Å². The summed E-state index contributed by atoms with van der Waals surface area (Å²) < 4.78 is 16.1. The number of fused-ring (bicyclic) bond motifs is 2. The fraction of sp³-hybridized carbons (Fsp3) is 0.650. The molecule has 2 heterocycles. The number of piperidine rings is 1. The molecule has 2 saturated heterocycles. The topological polar surface area (TPSA) is 60.0 Å². The van der Waals surface area contributed by atoms with Crippen LogP contribution >= 0.6 is 0 Å². The molecule has 2 aliphatic heterocycles. The Hall–Kier alpha value is -1.95. The molecule has 0 aromatic heterocycles. The molecule has 2 atom stereocenters. The van der Waals surface area contributed by atoms with Crippen molar-refractivity contribution in [2.24, 2.45) is 0 Å². The maximum atomic E-state index is 12.8. The van der Waals surface area contributed by atoms with Crippen molar-refractivity contribution < 1.29 is 19.0 Å². The number of carbonyl (C=O) groups excluding carboxylic acids is 1. The minimum absolute atomic E-state index is 0.0754. The molecular formula is C20H28N2O4. The Bertz CT molecular complexity index is 649. The predicted molar refractivity (Wildman–Crippen MR) is 98.3 cm³/mol. The van der Waals surface area contributed by atoms with Crippen LogP contribution in [0, 0.1) is 0 Å². The maximum Gasteiger partial charge on any atom is 0.251 e. The number of hydrogen-bond donors (Lipinski definition) is 1. The SMILES string of the molecule is COc1cc(C(=O)NC2C[C@H]3CC[C@H](C2)N3C2CC2)cc(OC)c1OC. The molecule has 1 aromatic rings. The quantitative estimate of drug-likeness (QED) is 0.845. The van der Waals surface area contributed by atoms with Crippen LogP contribution in [0.25, 0.3) is 0 Å². The van der Waals surface area contributed by atoms with E-state index in [9.17, 15) is 4.79 Å². The summed E-state index contributed by atoms with van der Waals surface area (Å²) in [6.45, 7) is 0. The zero-order valence-corrected chi connectivity index (χ0v) is 15.8. The highest BCUT2D eigenvalue weighted by Gasteiger charge is 2.47.